The SMILES string of the molecule is COc1ccsc1C(=O)N1C[C@@H](C)C(=O)Nc2ccccc21. The lowest BCUT2D eigenvalue weighted by Crippen LogP contribution is -2.35. The third-order valence-electron chi connectivity index (χ3n) is 3.65. The quantitative estimate of drug-likeness (QED) is 0.926. The number of thiophene rings is 1. The van der Waals surface area contributed by atoms with Crippen LogP contribution in [0.25, 0.3) is 0 Å². The number of anilines is 2. The average molecular weight is 316 g/mol. The van der Waals surface area contributed by atoms with Crippen LogP contribution in [-0.4, -0.2) is 25.5 Å². The molecule has 0 saturated carbocycles. The Balaban J connectivity index is 2.05. The summed E-state index contributed by atoms with van der Waals surface area (Å²) in [6, 6.07) is 9.10. The molecule has 2 amide bonds. The Kier molecular flexibility index (Phi) is 3.85. The van der Waals surface area contributed by atoms with Gasteiger partial charge in [-0.15, -0.1) is 11.3 Å². The van der Waals surface area contributed by atoms with Gasteiger partial charge in [-0.1, -0.05) is 19.1 Å². The largest absolute Gasteiger partial charge is 0.495 e. The van der Waals surface area contributed by atoms with E-state index in [-0.39, 0.29) is 17.7 Å². The molecule has 0 radical (unpaired) electrons. The Hall–Kier alpha value is -2.34. The number of benzene rings is 1. The summed E-state index contributed by atoms with van der Waals surface area (Å²) in [5, 5.41) is 4.69. The summed E-state index contributed by atoms with van der Waals surface area (Å²) in [7, 11) is 1.54. The van der Waals surface area contributed by atoms with Crippen molar-refractivity contribution in [3.63, 3.8) is 0 Å². The number of ether oxygens (including phenoxy) is 1. The fraction of sp³-hybridized carbons (Fsp3) is 0.250. The van der Waals surface area contributed by atoms with E-state index in [2.05, 4.69) is 5.32 Å². The Labute approximate surface area is 132 Å². The topological polar surface area (TPSA) is 58.6 Å². The van der Waals surface area contributed by atoms with Crippen LogP contribution < -0.4 is 15.0 Å². The van der Waals surface area contributed by atoms with E-state index >= 15 is 0 Å². The molecule has 3 rings (SSSR count). The zero-order chi connectivity index (χ0) is 15.7. The van der Waals surface area contributed by atoms with Crippen LogP contribution in [0.1, 0.15) is 16.6 Å². The number of nitrogens with one attached hydrogen (secondary N) is 1. The van der Waals surface area contributed by atoms with E-state index in [0.717, 1.165) is 0 Å². The van der Waals surface area contributed by atoms with Gasteiger partial charge in [-0.2, -0.15) is 0 Å². The maximum absolute atomic E-state index is 12.9. The molecule has 0 aliphatic carbocycles. The molecule has 0 unspecified atom stereocenters. The Bertz CT molecular complexity index is 726. The second-order valence-corrected chi connectivity index (χ2v) is 6.06. The number of fused-ring (bicyclic) bond motifs is 1. The molecule has 1 aromatic heterocycles. The molecule has 2 aromatic rings. The third-order valence-corrected chi connectivity index (χ3v) is 4.53. The first-order valence-electron chi connectivity index (χ1n) is 6.95. The van der Waals surface area contributed by atoms with E-state index < -0.39 is 0 Å². The standard InChI is InChI=1S/C16H16N2O3S/c1-10-9-18(16(20)14-13(21-2)7-8-22-14)12-6-4-3-5-11(12)17-15(10)19/h3-8,10H,9H2,1-2H3,(H,17,19)/t10-/m1/s1. The van der Waals surface area contributed by atoms with E-state index in [1.807, 2.05) is 30.5 Å². The van der Waals surface area contributed by atoms with Crippen LogP contribution in [0.15, 0.2) is 35.7 Å². The van der Waals surface area contributed by atoms with Gasteiger partial charge in [-0.25, -0.2) is 0 Å². The van der Waals surface area contributed by atoms with E-state index in [0.29, 0.717) is 28.5 Å². The maximum Gasteiger partial charge on any atom is 0.272 e. The Morgan fingerprint density at radius 1 is 1.36 bits per heavy atom. The number of carbonyl (C=O) groups is 2. The molecule has 1 aliphatic heterocycles. The summed E-state index contributed by atoms with van der Waals surface area (Å²) in [6.07, 6.45) is 0. The van der Waals surface area contributed by atoms with Gasteiger partial charge in [0.15, 0.2) is 0 Å². The molecule has 2 heterocycles. The smallest absolute Gasteiger partial charge is 0.272 e. The monoisotopic (exact) mass is 316 g/mol. The average Bonchev–Trinajstić information content (AvgIpc) is 2.96. The van der Waals surface area contributed by atoms with E-state index in [1.165, 1.54) is 11.3 Å². The highest BCUT2D eigenvalue weighted by atomic mass is 32.1. The number of para-hydroxylation sites is 2. The molecule has 1 atom stereocenters. The molecule has 1 aliphatic rings. The molecule has 6 heteroatoms. The van der Waals surface area contributed by atoms with Crippen molar-refractivity contribution < 1.29 is 14.3 Å². The van der Waals surface area contributed by atoms with E-state index in [4.69, 9.17) is 4.74 Å². The molecular formula is C16H16N2O3S. The fourth-order valence-electron chi connectivity index (χ4n) is 2.45. The number of nitrogens with zero attached hydrogens (tertiary/aromatic N) is 1. The summed E-state index contributed by atoms with van der Waals surface area (Å²) >= 11 is 1.34. The summed E-state index contributed by atoms with van der Waals surface area (Å²) in [5.41, 5.74) is 1.36. The lowest BCUT2D eigenvalue weighted by molar-refractivity contribution is -0.119. The van der Waals surface area contributed by atoms with Crippen molar-refractivity contribution in [2.24, 2.45) is 5.92 Å². The molecule has 114 valence electrons. The number of rotatable bonds is 2. The minimum Gasteiger partial charge on any atom is -0.495 e. The second kappa shape index (κ2) is 5.81. The summed E-state index contributed by atoms with van der Waals surface area (Å²) in [5.74, 6) is 0.0366. The van der Waals surface area contributed by atoms with Crippen LogP contribution >= 0.6 is 11.3 Å². The predicted molar refractivity (Wildman–Crippen MR) is 86.8 cm³/mol. The van der Waals surface area contributed by atoms with Crippen LogP contribution in [0.5, 0.6) is 5.75 Å². The normalized spacial score (nSPS) is 17.5. The van der Waals surface area contributed by atoms with Gasteiger partial charge in [0.1, 0.15) is 10.6 Å². The third kappa shape index (κ3) is 2.46. The van der Waals surface area contributed by atoms with Crippen LogP contribution in [-0.2, 0) is 4.79 Å². The lowest BCUT2D eigenvalue weighted by Gasteiger charge is -2.23. The van der Waals surface area contributed by atoms with Gasteiger partial charge in [0.05, 0.1) is 24.4 Å². The first kappa shape index (κ1) is 14.6. The second-order valence-electron chi connectivity index (χ2n) is 5.14. The summed E-state index contributed by atoms with van der Waals surface area (Å²) in [4.78, 5) is 27.2. The van der Waals surface area contributed by atoms with Gasteiger partial charge in [0.2, 0.25) is 5.91 Å². The fourth-order valence-corrected chi connectivity index (χ4v) is 3.26. The molecule has 5 nitrogen and oxygen atoms in total. The van der Waals surface area contributed by atoms with Crippen molar-refractivity contribution >= 4 is 34.5 Å². The predicted octanol–water partition coefficient (Wildman–Crippen LogP) is 2.99. The first-order valence-corrected chi connectivity index (χ1v) is 7.83. The Morgan fingerprint density at radius 2 is 2.14 bits per heavy atom. The minimum absolute atomic E-state index is 0.0825. The van der Waals surface area contributed by atoms with E-state index in [1.54, 1.807) is 24.1 Å². The number of methoxy groups -OCH3 is 1. The summed E-state index contributed by atoms with van der Waals surface area (Å²) < 4.78 is 5.24. The van der Waals surface area contributed by atoms with Gasteiger partial charge < -0.3 is 15.0 Å². The molecule has 22 heavy (non-hydrogen) atoms. The van der Waals surface area contributed by atoms with Crippen molar-refractivity contribution in [3.8, 4) is 5.75 Å². The zero-order valence-corrected chi connectivity index (χ0v) is 13.1. The molecule has 1 aromatic carbocycles. The highest BCUT2D eigenvalue weighted by Crippen LogP contribution is 2.34. The molecule has 0 fully saturated rings. The van der Waals surface area contributed by atoms with Gasteiger partial charge >= 0.3 is 0 Å². The van der Waals surface area contributed by atoms with Crippen LogP contribution in [0.2, 0.25) is 0 Å². The highest BCUT2D eigenvalue weighted by Gasteiger charge is 2.30. The number of carbonyl (C=O) groups excluding carboxylic acids is 2. The minimum atomic E-state index is -0.290. The number of hydrogen-bond donors (Lipinski definition) is 1. The molecule has 0 bridgehead atoms. The van der Waals surface area contributed by atoms with Crippen molar-refractivity contribution in [3.05, 3.63) is 40.6 Å². The van der Waals surface area contributed by atoms with E-state index in [9.17, 15) is 9.59 Å². The lowest BCUT2D eigenvalue weighted by atomic mass is 10.1. The summed E-state index contributed by atoms with van der Waals surface area (Å²) in [6.45, 7) is 2.15. The van der Waals surface area contributed by atoms with Gasteiger partial charge in [0, 0.05) is 6.54 Å². The van der Waals surface area contributed by atoms with Crippen molar-refractivity contribution in [1.82, 2.24) is 0 Å². The van der Waals surface area contributed by atoms with Crippen LogP contribution in [0, 0.1) is 5.92 Å². The van der Waals surface area contributed by atoms with Gasteiger partial charge in [-0.3, -0.25) is 9.59 Å². The van der Waals surface area contributed by atoms with Crippen LogP contribution in [0.3, 0.4) is 0 Å². The number of amides is 2. The van der Waals surface area contributed by atoms with Gasteiger partial charge in [0.25, 0.3) is 5.91 Å². The van der Waals surface area contributed by atoms with Crippen molar-refractivity contribution in [2.75, 3.05) is 23.9 Å². The highest BCUT2D eigenvalue weighted by molar-refractivity contribution is 7.12. The molecule has 0 spiro atoms. The molecule has 1 N–H and O–H groups in total. The Morgan fingerprint density at radius 3 is 2.91 bits per heavy atom. The van der Waals surface area contributed by atoms with Gasteiger partial charge in [-0.05, 0) is 23.6 Å². The first-order chi connectivity index (χ1) is 10.6. The van der Waals surface area contributed by atoms with Crippen molar-refractivity contribution in [2.45, 2.75) is 6.92 Å². The maximum atomic E-state index is 12.9. The zero-order valence-electron chi connectivity index (χ0n) is 12.3. The molecule has 0 saturated heterocycles. The number of hydrogen-bond acceptors (Lipinski definition) is 4. The van der Waals surface area contributed by atoms with Crippen LogP contribution in [0.4, 0.5) is 11.4 Å². The van der Waals surface area contributed by atoms with Crippen molar-refractivity contribution in [1.29, 1.82) is 0 Å². The molecular weight excluding hydrogens is 300 g/mol.